The Morgan fingerprint density at radius 3 is 2.88 bits per heavy atom. The van der Waals surface area contributed by atoms with Gasteiger partial charge in [-0.25, -0.2) is 0 Å². The minimum atomic E-state index is -0.0601. The quantitative estimate of drug-likeness (QED) is 0.620. The molecule has 94 valence electrons. The summed E-state index contributed by atoms with van der Waals surface area (Å²) in [4.78, 5) is 11.8. The second kappa shape index (κ2) is 7.89. The van der Waals surface area contributed by atoms with E-state index in [1.807, 2.05) is 24.3 Å². The Bertz CT molecular complexity index is 373. The first-order valence-corrected chi connectivity index (χ1v) is 6.82. The summed E-state index contributed by atoms with van der Waals surface area (Å²) in [6.45, 7) is 1.06. The molecule has 1 aromatic rings. The van der Waals surface area contributed by atoms with Crippen LogP contribution in [0.1, 0.15) is 16.8 Å². The van der Waals surface area contributed by atoms with Crippen LogP contribution in [0.15, 0.2) is 24.3 Å². The zero-order valence-corrected chi connectivity index (χ0v) is 12.5. The van der Waals surface area contributed by atoms with Crippen molar-refractivity contribution in [3.05, 3.63) is 33.4 Å². The van der Waals surface area contributed by atoms with Gasteiger partial charge in [-0.2, -0.15) is 0 Å². The Hall–Kier alpha value is -0.330. The van der Waals surface area contributed by atoms with E-state index < -0.39 is 0 Å². The van der Waals surface area contributed by atoms with E-state index >= 15 is 0 Å². The van der Waals surface area contributed by atoms with Gasteiger partial charge in [-0.1, -0.05) is 12.1 Å². The van der Waals surface area contributed by atoms with E-state index in [1.54, 1.807) is 7.11 Å². The van der Waals surface area contributed by atoms with Gasteiger partial charge in [0, 0.05) is 17.2 Å². The molecule has 0 fully saturated rings. The van der Waals surface area contributed by atoms with E-state index in [2.05, 4.69) is 27.9 Å². The lowest BCUT2D eigenvalue weighted by Crippen LogP contribution is -2.27. The second-order valence-electron chi connectivity index (χ2n) is 3.58. The Kier molecular flexibility index (Phi) is 6.84. The Balaban J connectivity index is 2.38. The Morgan fingerprint density at radius 2 is 2.24 bits per heavy atom. The van der Waals surface area contributed by atoms with Crippen molar-refractivity contribution < 1.29 is 9.53 Å². The summed E-state index contributed by atoms with van der Waals surface area (Å²) in [5.74, 6) is -0.0590. The van der Waals surface area contributed by atoms with Crippen LogP contribution in [0.4, 0.5) is 0 Å². The molecule has 0 aliphatic heterocycles. The van der Waals surface area contributed by atoms with Crippen LogP contribution in [-0.2, 0) is 4.74 Å². The molecule has 0 saturated heterocycles. The third-order valence-electron chi connectivity index (χ3n) is 2.21. The van der Waals surface area contributed by atoms with E-state index in [0.29, 0.717) is 25.1 Å². The number of hydrogen-bond donors (Lipinski definition) is 1. The van der Waals surface area contributed by atoms with Crippen molar-refractivity contribution in [1.29, 1.82) is 0 Å². The minimum absolute atomic E-state index is 0.0590. The first-order valence-electron chi connectivity index (χ1n) is 5.31. The van der Waals surface area contributed by atoms with E-state index in [-0.39, 0.29) is 11.3 Å². The van der Waals surface area contributed by atoms with Gasteiger partial charge in [-0.05, 0) is 41.1 Å². The number of carbonyl (C=O) groups is 1. The molecule has 1 rings (SSSR count). The SMILES string of the molecule is COCC(Cl)CCNC(=O)c1ccccc1I. The summed E-state index contributed by atoms with van der Waals surface area (Å²) in [5.41, 5.74) is 0.700. The summed E-state index contributed by atoms with van der Waals surface area (Å²) in [6, 6.07) is 7.48. The van der Waals surface area contributed by atoms with Crippen molar-refractivity contribution in [2.24, 2.45) is 0 Å². The van der Waals surface area contributed by atoms with Gasteiger partial charge in [0.15, 0.2) is 0 Å². The molecular formula is C12H15ClINO2. The van der Waals surface area contributed by atoms with Crippen LogP contribution in [0.25, 0.3) is 0 Å². The summed E-state index contributed by atoms with van der Waals surface area (Å²) < 4.78 is 5.87. The van der Waals surface area contributed by atoms with Gasteiger partial charge in [0.25, 0.3) is 5.91 Å². The molecule has 0 radical (unpaired) electrons. The number of carbonyl (C=O) groups excluding carboxylic acids is 1. The van der Waals surface area contributed by atoms with Crippen molar-refractivity contribution >= 4 is 40.1 Å². The highest BCUT2D eigenvalue weighted by Gasteiger charge is 2.09. The number of benzene rings is 1. The maximum Gasteiger partial charge on any atom is 0.252 e. The number of alkyl halides is 1. The molecular weight excluding hydrogens is 352 g/mol. The van der Waals surface area contributed by atoms with Crippen molar-refractivity contribution in [1.82, 2.24) is 5.32 Å². The van der Waals surface area contributed by atoms with Crippen LogP contribution in [0.2, 0.25) is 0 Å². The lowest BCUT2D eigenvalue weighted by molar-refractivity contribution is 0.0951. The molecule has 0 heterocycles. The maximum atomic E-state index is 11.8. The Morgan fingerprint density at radius 1 is 1.53 bits per heavy atom. The summed E-state index contributed by atoms with van der Waals surface area (Å²) >= 11 is 8.11. The molecule has 0 bridgehead atoms. The smallest absolute Gasteiger partial charge is 0.252 e. The van der Waals surface area contributed by atoms with Crippen molar-refractivity contribution in [2.75, 3.05) is 20.3 Å². The van der Waals surface area contributed by atoms with Crippen LogP contribution < -0.4 is 5.32 Å². The van der Waals surface area contributed by atoms with Gasteiger partial charge in [0.05, 0.1) is 17.5 Å². The molecule has 1 N–H and O–H groups in total. The fourth-order valence-corrected chi connectivity index (χ4v) is 2.21. The van der Waals surface area contributed by atoms with Gasteiger partial charge in [-0.15, -0.1) is 11.6 Å². The first-order chi connectivity index (χ1) is 8.15. The van der Waals surface area contributed by atoms with Gasteiger partial charge < -0.3 is 10.1 Å². The predicted octanol–water partition coefficient (Wildman–Crippen LogP) is 2.66. The van der Waals surface area contributed by atoms with Crippen molar-refractivity contribution in [3.63, 3.8) is 0 Å². The standard InChI is InChI=1S/C12H15ClINO2/c1-17-8-9(13)6-7-15-12(16)10-4-2-3-5-11(10)14/h2-5,9H,6-8H2,1H3,(H,15,16). The summed E-state index contributed by atoms with van der Waals surface area (Å²) in [7, 11) is 1.61. The predicted molar refractivity (Wildman–Crippen MR) is 77.6 cm³/mol. The highest BCUT2D eigenvalue weighted by Crippen LogP contribution is 2.11. The summed E-state index contributed by atoms with van der Waals surface area (Å²) in [5, 5.41) is 2.79. The normalized spacial score (nSPS) is 12.2. The number of methoxy groups -OCH3 is 1. The average Bonchev–Trinajstić information content (AvgIpc) is 2.29. The van der Waals surface area contributed by atoms with Crippen LogP contribution in [0.3, 0.4) is 0 Å². The zero-order chi connectivity index (χ0) is 12.7. The highest BCUT2D eigenvalue weighted by atomic mass is 127. The largest absolute Gasteiger partial charge is 0.383 e. The molecule has 1 aromatic carbocycles. The van der Waals surface area contributed by atoms with Crippen LogP contribution >= 0.6 is 34.2 Å². The lowest BCUT2D eigenvalue weighted by Gasteiger charge is -2.09. The second-order valence-corrected chi connectivity index (χ2v) is 5.36. The van der Waals surface area contributed by atoms with Crippen LogP contribution in [0.5, 0.6) is 0 Å². The average molecular weight is 368 g/mol. The van der Waals surface area contributed by atoms with Gasteiger partial charge in [0.1, 0.15) is 0 Å². The number of rotatable bonds is 6. The first kappa shape index (κ1) is 14.7. The van der Waals surface area contributed by atoms with E-state index in [0.717, 1.165) is 3.57 Å². The molecule has 1 unspecified atom stereocenters. The number of amides is 1. The van der Waals surface area contributed by atoms with Crippen LogP contribution in [-0.4, -0.2) is 31.5 Å². The van der Waals surface area contributed by atoms with Gasteiger partial charge >= 0.3 is 0 Å². The fraction of sp³-hybridized carbons (Fsp3) is 0.417. The van der Waals surface area contributed by atoms with Crippen molar-refractivity contribution in [3.8, 4) is 0 Å². The number of nitrogens with one attached hydrogen (secondary N) is 1. The van der Waals surface area contributed by atoms with Gasteiger partial charge in [0.2, 0.25) is 0 Å². The third kappa shape index (κ3) is 5.23. The lowest BCUT2D eigenvalue weighted by atomic mass is 10.2. The molecule has 0 saturated carbocycles. The van der Waals surface area contributed by atoms with Gasteiger partial charge in [-0.3, -0.25) is 4.79 Å². The topological polar surface area (TPSA) is 38.3 Å². The number of ether oxygens (including phenoxy) is 1. The van der Waals surface area contributed by atoms with E-state index in [4.69, 9.17) is 16.3 Å². The molecule has 0 aromatic heterocycles. The number of halogens is 2. The third-order valence-corrected chi connectivity index (χ3v) is 3.49. The summed E-state index contributed by atoms with van der Waals surface area (Å²) in [6.07, 6.45) is 0.699. The zero-order valence-electron chi connectivity index (χ0n) is 9.58. The molecule has 0 aliphatic rings. The van der Waals surface area contributed by atoms with Crippen LogP contribution in [0, 0.1) is 3.57 Å². The molecule has 1 amide bonds. The molecule has 1 atom stereocenters. The monoisotopic (exact) mass is 367 g/mol. The molecule has 17 heavy (non-hydrogen) atoms. The molecule has 5 heteroatoms. The molecule has 3 nitrogen and oxygen atoms in total. The molecule has 0 aliphatic carbocycles. The maximum absolute atomic E-state index is 11.8. The number of hydrogen-bond acceptors (Lipinski definition) is 2. The fourth-order valence-electron chi connectivity index (χ4n) is 1.35. The molecule has 0 spiro atoms. The minimum Gasteiger partial charge on any atom is -0.383 e. The van der Waals surface area contributed by atoms with E-state index in [9.17, 15) is 4.79 Å². The highest BCUT2D eigenvalue weighted by molar-refractivity contribution is 14.1. The Labute approximate surface area is 120 Å². The van der Waals surface area contributed by atoms with Crippen molar-refractivity contribution in [2.45, 2.75) is 11.8 Å². The van der Waals surface area contributed by atoms with E-state index in [1.165, 1.54) is 0 Å².